The number of benzene rings is 2. The molecule has 1 amide bonds. The summed E-state index contributed by atoms with van der Waals surface area (Å²) in [7, 11) is 0. The average Bonchev–Trinajstić information content (AvgIpc) is 2.73. The predicted octanol–water partition coefficient (Wildman–Crippen LogP) is 2.85. The molecule has 2 N–H and O–H groups in total. The number of amidine groups is 1. The van der Waals surface area contributed by atoms with E-state index in [0.29, 0.717) is 10.9 Å². The normalized spacial score (nSPS) is 17.8. The van der Waals surface area contributed by atoms with Crippen LogP contribution in [0.25, 0.3) is 5.70 Å². The van der Waals surface area contributed by atoms with E-state index in [2.05, 4.69) is 12.2 Å². The summed E-state index contributed by atoms with van der Waals surface area (Å²) in [5.41, 5.74) is 1.37. The minimum absolute atomic E-state index is 0.165. The maximum Gasteiger partial charge on any atom is 0.276 e. The Labute approximate surface area is 174 Å². The molecular weight excluding hydrogens is 384 g/mol. The van der Waals surface area contributed by atoms with Gasteiger partial charge < -0.3 is 5.11 Å². The molecule has 0 spiro atoms. The largest absolute Gasteiger partial charge is 0.508 e. The van der Waals surface area contributed by atoms with Gasteiger partial charge in [0, 0.05) is 11.0 Å². The van der Waals surface area contributed by atoms with Crippen molar-refractivity contribution < 1.29 is 9.90 Å². The van der Waals surface area contributed by atoms with Crippen molar-refractivity contribution in [3.8, 4) is 5.75 Å². The summed E-state index contributed by atoms with van der Waals surface area (Å²) in [5, 5.41) is 21.2. The second-order valence-electron chi connectivity index (χ2n) is 7.07. The number of phenols is 1. The SMILES string of the molecule is CCCCCCSC1=NN2C(=c3ccccc3=NC2c2ccc(O)cc2)C(=O)N1. The zero-order valence-electron chi connectivity index (χ0n) is 16.3. The monoisotopic (exact) mass is 408 g/mol. The molecule has 2 aromatic carbocycles. The standard InChI is InChI=1S/C22H24N4O2S/c1-2-3-4-7-14-29-22-24-21(28)19-17-8-5-6-9-18(17)23-20(26(19)25-22)15-10-12-16(27)13-11-15/h5-6,8-13,20,27H,2-4,7,14H2,1H3,(H,24,25,28). The maximum absolute atomic E-state index is 13.0. The first-order chi connectivity index (χ1) is 14.2. The van der Waals surface area contributed by atoms with Crippen LogP contribution in [0.1, 0.15) is 44.3 Å². The van der Waals surface area contributed by atoms with E-state index in [1.54, 1.807) is 28.9 Å². The summed E-state index contributed by atoms with van der Waals surface area (Å²) in [4.78, 5) is 17.8. The molecule has 0 fully saturated rings. The van der Waals surface area contributed by atoms with Crippen molar-refractivity contribution in [1.82, 2.24) is 10.3 Å². The van der Waals surface area contributed by atoms with Gasteiger partial charge in [-0.05, 0) is 30.2 Å². The molecule has 6 nitrogen and oxygen atoms in total. The van der Waals surface area contributed by atoms with Gasteiger partial charge in [0.05, 0.1) is 5.36 Å². The van der Waals surface area contributed by atoms with E-state index in [4.69, 9.17) is 10.1 Å². The smallest absolute Gasteiger partial charge is 0.276 e. The highest BCUT2D eigenvalue weighted by molar-refractivity contribution is 8.13. The first-order valence-electron chi connectivity index (χ1n) is 9.95. The minimum Gasteiger partial charge on any atom is -0.508 e. The van der Waals surface area contributed by atoms with Gasteiger partial charge >= 0.3 is 0 Å². The van der Waals surface area contributed by atoms with E-state index in [1.165, 1.54) is 19.3 Å². The molecule has 4 rings (SSSR count). The van der Waals surface area contributed by atoms with E-state index in [-0.39, 0.29) is 11.7 Å². The topological polar surface area (TPSA) is 77.3 Å². The Morgan fingerprint density at radius 2 is 1.90 bits per heavy atom. The van der Waals surface area contributed by atoms with Crippen LogP contribution < -0.4 is 15.9 Å². The molecule has 2 heterocycles. The lowest BCUT2D eigenvalue weighted by molar-refractivity contribution is -0.116. The van der Waals surface area contributed by atoms with Crippen molar-refractivity contribution in [3.63, 3.8) is 0 Å². The number of nitrogens with zero attached hydrogens (tertiary/aromatic N) is 3. The fourth-order valence-electron chi connectivity index (χ4n) is 3.45. The lowest BCUT2D eigenvalue weighted by Gasteiger charge is -2.34. The minimum atomic E-state index is -0.456. The summed E-state index contributed by atoms with van der Waals surface area (Å²) >= 11 is 1.57. The van der Waals surface area contributed by atoms with Crippen LogP contribution in [-0.4, -0.2) is 26.9 Å². The number of hydrazone groups is 1. The number of carbonyl (C=O) groups excluding carboxylic acids is 1. The number of hydrogen-bond donors (Lipinski definition) is 2. The van der Waals surface area contributed by atoms with E-state index < -0.39 is 6.17 Å². The first-order valence-corrected chi connectivity index (χ1v) is 10.9. The average molecular weight is 409 g/mol. The van der Waals surface area contributed by atoms with Crippen LogP contribution in [0.3, 0.4) is 0 Å². The van der Waals surface area contributed by atoms with Crippen molar-refractivity contribution in [3.05, 3.63) is 64.7 Å². The van der Waals surface area contributed by atoms with E-state index in [0.717, 1.165) is 28.3 Å². The summed E-state index contributed by atoms with van der Waals surface area (Å²) < 4.78 is 0. The predicted molar refractivity (Wildman–Crippen MR) is 115 cm³/mol. The summed E-state index contributed by atoms with van der Waals surface area (Å²) in [6.45, 7) is 2.19. The molecule has 0 saturated heterocycles. The van der Waals surface area contributed by atoms with Gasteiger partial charge in [-0.2, -0.15) is 0 Å². The number of phenolic OH excluding ortho intramolecular Hbond substituents is 1. The fourth-order valence-corrected chi connectivity index (χ4v) is 4.31. The quantitative estimate of drug-likeness (QED) is 0.721. The third-order valence-corrected chi connectivity index (χ3v) is 5.89. The highest BCUT2D eigenvalue weighted by Crippen LogP contribution is 2.31. The molecule has 1 unspecified atom stereocenters. The Bertz CT molecular complexity index is 1050. The lowest BCUT2D eigenvalue weighted by atomic mass is 10.1. The molecule has 2 aliphatic heterocycles. The molecule has 1 atom stereocenters. The Kier molecular flexibility index (Phi) is 5.85. The van der Waals surface area contributed by atoms with Crippen LogP contribution in [0.2, 0.25) is 0 Å². The molecule has 2 aliphatic rings. The van der Waals surface area contributed by atoms with Crippen molar-refractivity contribution in [2.75, 3.05) is 5.75 Å². The van der Waals surface area contributed by atoms with Crippen LogP contribution in [0.15, 0.2) is 58.6 Å². The Morgan fingerprint density at radius 1 is 1.10 bits per heavy atom. The second-order valence-corrected chi connectivity index (χ2v) is 8.16. The van der Waals surface area contributed by atoms with Gasteiger partial charge in [0.2, 0.25) is 0 Å². The molecule has 0 aromatic heterocycles. The number of aromatic hydroxyl groups is 1. The zero-order chi connectivity index (χ0) is 20.2. The number of rotatable bonds is 6. The van der Waals surface area contributed by atoms with E-state index >= 15 is 0 Å². The summed E-state index contributed by atoms with van der Waals surface area (Å²) in [6, 6.07) is 14.5. The molecule has 0 aliphatic carbocycles. The Morgan fingerprint density at radius 3 is 2.69 bits per heavy atom. The van der Waals surface area contributed by atoms with Gasteiger partial charge in [0.15, 0.2) is 11.3 Å². The van der Waals surface area contributed by atoms with Crippen LogP contribution in [0.5, 0.6) is 5.75 Å². The van der Waals surface area contributed by atoms with Gasteiger partial charge in [-0.1, -0.05) is 68.3 Å². The van der Waals surface area contributed by atoms with Gasteiger partial charge in [-0.15, -0.1) is 5.10 Å². The van der Waals surface area contributed by atoms with Crippen molar-refractivity contribution >= 4 is 28.5 Å². The highest BCUT2D eigenvalue weighted by atomic mass is 32.2. The highest BCUT2D eigenvalue weighted by Gasteiger charge is 2.34. The zero-order valence-corrected chi connectivity index (χ0v) is 17.2. The molecule has 7 heteroatoms. The first kappa shape index (κ1) is 19.5. The van der Waals surface area contributed by atoms with Gasteiger partial charge in [-0.25, -0.2) is 5.01 Å². The maximum atomic E-state index is 13.0. The number of fused-ring (bicyclic) bond motifs is 2. The van der Waals surface area contributed by atoms with Gasteiger partial charge in [-0.3, -0.25) is 15.1 Å². The van der Waals surface area contributed by atoms with E-state index in [1.807, 2.05) is 36.4 Å². The fraction of sp³-hybridized carbons (Fsp3) is 0.318. The molecule has 29 heavy (non-hydrogen) atoms. The van der Waals surface area contributed by atoms with Crippen LogP contribution >= 0.6 is 11.8 Å². The number of thioether (sulfide) groups is 1. The molecule has 150 valence electrons. The molecule has 0 saturated carbocycles. The van der Waals surface area contributed by atoms with E-state index in [9.17, 15) is 9.90 Å². The van der Waals surface area contributed by atoms with Crippen LogP contribution in [0, 0.1) is 0 Å². The van der Waals surface area contributed by atoms with Crippen molar-refractivity contribution in [1.29, 1.82) is 0 Å². The second kappa shape index (κ2) is 8.69. The number of para-hydroxylation sites is 1. The molecule has 0 radical (unpaired) electrons. The van der Waals surface area contributed by atoms with Crippen molar-refractivity contribution in [2.45, 2.75) is 38.8 Å². The van der Waals surface area contributed by atoms with Gasteiger partial charge in [0.25, 0.3) is 5.91 Å². The number of nitrogens with one attached hydrogen (secondary N) is 1. The number of unbranched alkanes of at least 4 members (excludes halogenated alkanes) is 3. The molecule has 2 aromatic rings. The Balaban J connectivity index is 1.70. The number of hydrogen-bond acceptors (Lipinski definition) is 6. The number of carbonyl (C=O) groups is 1. The third kappa shape index (κ3) is 4.15. The molecular formula is C22H24N4O2S. The summed E-state index contributed by atoms with van der Waals surface area (Å²) in [6.07, 6.45) is 4.25. The lowest BCUT2D eigenvalue weighted by Crippen LogP contribution is -2.50. The molecule has 0 bridgehead atoms. The van der Waals surface area contributed by atoms with Crippen molar-refractivity contribution in [2.24, 2.45) is 10.1 Å². The number of amides is 1. The Hall–Kier alpha value is -2.80. The third-order valence-electron chi connectivity index (χ3n) is 4.94. The van der Waals surface area contributed by atoms with Crippen LogP contribution in [-0.2, 0) is 4.79 Å². The van der Waals surface area contributed by atoms with Crippen LogP contribution in [0.4, 0.5) is 0 Å². The van der Waals surface area contributed by atoms with Gasteiger partial charge in [0.1, 0.15) is 11.4 Å². The summed E-state index contributed by atoms with van der Waals surface area (Å²) in [5.74, 6) is 0.944.